The molecule has 0 aliphatic carbocycles. The van der Waals surface area contributed by atoms with Gasteiger partial charge < -0.3 is 14.2 Å². The van der Waals surface area contributed by atoms with Crippen LogP contribution in [0.4, 0.5) is 0 Å². The number of rotatable bonds is 2. The molecule has 0 saturated carbocycles. The Balaban J connectivity index is 2.05. The zero-order chi connectivity index (χ0) is 12.5. The van der Waals surface area contributed by atoms with Gasteiger partial charge in [-0.1, -0.05) is 0 Å². The minimum Gasteiger partial charge on any atom is -0.497 e. The van der Waals surface area contributed by atoms with Gasteiger partial charge in [0, 0.05) is 4.88 Å². The summed E-state index contributed by atoms with van der Waals surface area (Å²) in [7, 11) is 1.67. The molecule has 4 heteroatoms. The molecule has 1 aliphatic rings. The summed E-state index contributed by atoms with van der Waals surface area (Å²) in [5.41, 5.74) is 1.13. The maximum Gasteiger partial charge on any atom is 0.180 e. The predicted octanol–water partition coefficient (Wildman–Crippen LogP) is 3.50. The largest absolute Gasteiger partial charge is 0.497 e. The number of ether oxygens (including phenoxy) is 3. The molecule has 3 rings (SSSR count). The van der Waals surface area contributed by atoms with Crippen molar-refractivity contribution in [3.8, 4) is 27.7 Å². The standard InChI is InChI=1S/C14H14O3S/c1-9-12-13(17-8-7-16-12)14(18-9)10-3-5-11(15-2)6-4-10/h3-6H,7-8H2,1-2H3. The highest BCUT2D eigenvalue weighted by Gasteiger charge is 2.22. The summed E-state index contributed by atoms with van der Waals surface area (Å²) in [6.07, 6.45) is 0. The average Bonchev–Trinajstić information content (AvgIpc) is 2.77. The molecule has 0 saturated heterocycles. The van der Waals surface area contributed by atoms with Gasteiger partial charge in [-0.2, -0.15) is 0 Å². The maximum absolute atomic E-state index is 5.74. The van der Waals surface area contributed by atoms with Crippen molar-refractivity contribution in [3.05, 3.63) is 29.1 Å². The molecular formula is C14H14O3S. The molecule has 0 spiro atoms. The van der Waals surface area contributed by atoms with Gasteiger partial charge in [0.2, 0.25) is 0 Å². The van der Waals surface area contributed by atoms with Crippen molar-refractivity contribution in [2.45, 2.75) is 6.92 Å². The number of hydrogen-bond donors (Lipinski definition) is 0. The molecule has 18 heavy (non-hydrogen) atoms. The Kier molecular flexibility index (Phi) is 2.88. The lowest BCUT2D eigenvalue weighted by atomic mass is 10.1. The van der Waals surface area contributed by atoms with Crippen LogP contribution < -0.4 is 14.2 Å². The molecule has 94 valence electrons. The van der Waals surface area contributed by atoms with Gasteiger partial charge in [0.25, 0.3) is 0 Å². The Hall–Kier alpha value is -1.68. The summed E-state index contributed by atoms with van der Waals surface area (Å²) in [4.78, 5) is 2.29. The van der Waals surface area contributed by atoms with E-state index >= 15 is 0 Å². The zero-order valence-electron chi connectivity index (χ0n) is 10.4. The smallest absolute Gasteiger partial charge is 0.180 e. The number of fused-ring (bicyclic) bond motifs is 1. The van der Waals surface area contributed by atoms with E-state index in [2.05, 4.69) is 6.92 Å². The molecule has 0 fully saturated rings. The van der Waals surface area contributed by atoms with Gasteiger partial charge in [-0.3, -0.25) is 0 Å². The third kappa shape index (κ3) is 1.82. The van der Waals surface area contributed by atoms with E-state index in [0.29, 0.717) is 13.2 Å². The fourth-order valence-electron chi connectivity index (χ4n) is 2.03. The maximum atomic E-state index is 5.74. The number of hydrogen-bond acceptors (Lipinski definition) is 4. The monoisotopic (exact) mass is 262 g/mol. The molecular weight excluding hydrogens is 248 g/mol. The number of aryl methyl sites for hydroxylation is 1. The van der Waals surface area contributed by atoms with Crippen LogP contribution in [0.2, 0.25) is 0 Å². The lowest BCUT2D eigenvalue weighted by Crippen LogP contribution is -2.14. The summed E-state index contributed by atoms with van der Waals surface area (Å²) in [6.45, 7) is 3.31. The van der Waals surface area contributed by atoms with Crippen molar-refractivity contribution in [1.29, 1.82) is 0 Å². The Morgan fingerprint density at radius 1 is 1.06 bits per heavy atom. The van der Waals surface area contributed by atoms with E-state index in [-0.39, 0.29) is 0 Å². The highest BCUT2D eigenvalue weighted by molar-refractivity contribution is 7.16. The van der Waals surface area contributed by atoms with E-state index in [0.717, 1.165) is 32.6 Å². The van der Waals surface area contributed by atoms with Gasteiger partial charge in [0.05, 0.1) is 12.0 Å². The van der Waals surface area contributed by atoms with Crippen LogP contribution in [-0.2, 0) is 0 Å². The molecule has 0 radical (unpaired) electrons. The lowest BCUT2D eigenvalue weighted by Gasteiger charge is -2.16. The molecule has 2 aromatic rings. The molecule has 0 amide bonds. The van der Waals surface area contributed by atoms with Crippen molar-refractivity contribution < 1.29 is 14.2 Å². The first-order valence-electron chi connectivity index (χ1n) is 5.83. The molecule has 3 nitrogen and oxygen atoms in total. The van der Waals surface area contributed by atoms with Crippen molar-refractivity contribution >= 4 is 11.3 Å². The van der Waals surface area contributed by atoms with Crippen LogP contribution in [0.15, 0.2) is 24.3 Å². The van der Waals surface area contributed by atoms with Crippen LogP contribution in [0.25, 0.3) is 10.4 Å². The van der Waals surface area contributed by atoms with E-state index in [1.54, 1.807) is 18.4 Å². The Bertz CT molecular complexity index is 557. The van der Waals surface area contributed by atoms with E-state index in [4.69, 9.17) is 14.2 Å². The summed E-state index contributed by atoms with van der Waals surface area (Å²) < 4.78 is 16.6. The van der Waals surface area contributed by atoms with Crippen LogP contribution in [0.5, 0.6) is 17.2 Å². The normalized spacial score (nSPS) is 13.4. The predicted molar refractivity (Wildman–Crippen MR) is 72.0 cm³/mol. The first kappa shape index (κ1) is 11.4. The second-order valence-corrected chi connectivity index (χ2v) is 5.30. The van der Waals surface area contributed by atoms with Gasteiger partial charge in [-0.25, -0.2) is 0 Å². The van der Waals surface area contributed by atoms with Crippen LogP contribution in [0.3, 0.4) is 0 Å². The van der Waals surface area contributed by atoms with Gasteiger partial charge in [0.1, 0.15) is 19.0 Å². The van der Waals surface area contributed by atoms with Crippen LogP contribution >= 0.6 is 11.3 Å². The van der Waals surface area contributed by atoms with Crippen molar-refractivity contribution in [3.63, 3.8) is 0 Å². The lowest BCUT2D eigenvalue weighted by molar-refractivity contribution is 0.173. The fraction of sp³-hybridized carbons (Fsp3) is 0.286. The van der Waals surface area contributed by atoms with Crippen molar-refractivity contribution in [2.24, 2.45) is 0 Å². The first-order chi connectivity index (χ1) is 8.79. The van der Waals surface area contributed by atoms with E-state index in [9.17, 15) is 0 Å². The number of thiophene rings is 1. The summed E-state index contributed by atoms with van der Waals surface area (Å²) in [6, 6.07) is 8.01. The van der Waals surface area contributed by atoms with Crippen molar-refractivity contribution in [1.82, 2.24) is 0 Å². The quantitative estimate of drug-likeness (QED) is 0.829. The third-order valence-corrected chi connectivity index (χ3v) is 4.03. The van der Waals surface area contributed by atoms with Crippen LogP contribution in [0, 0.1) is 6.92 Å². The minimum absolute atomic E-state index is 0.617. The van der Waals surface area contributed by atoms with Gasteiger partial charge in [-0.05, 0) is 36.8 Å². The molecule has 1 aromatic carbocycles. The molecule has 0 unspecified atom stereocenters. The minimum atomic E-state index is 0.617. The van der Waals surface area contributed by atoms with E-state index < -0.39 is 0 Å². The van der Waals surface area contributed by atoms with Crippen LogP contribution in [-0.4, -0.2) is 20.3 Å². The van der Waals surface area contributed by atoms with Gasteiger partial charge in [0.15, 0.2) is 11.5 Å². The van der Waals surface area contributed by atoms with E-state index in [1.165, 1.54) is 0 Å². The first-order valence-corrected chi connectivity index (χ1v) is 6.64. The molecule has 2 heterocycles. The fourth-order valence-corrected chi connectivity index (χ4v) is 3.08. The number of methoxy groups -OCH3 is 1. The molecule has 1 aromatic heterocycles. The summed E-state index contributed by atoms with van der Waals surface area (Å²) in [5.74, 6) is 2.64. The Labute approximate surface area is 110 Å². The van der Waals surface area contributed by atoms with Gasteiger partial charge in [-0.15, -0.1) is 11.3 Å². The van der Waals surface area contributed by atoms with Crippen LogP contribution in [0.1, 0.15) is 4.88 Å². The summed E-state index contributed by atoms with van der Waals surface area (Å²) >= 11 is 1.71. The zero-order valence-corrected chi connectivity index (χ0v) is 11.2. The highest BCUT2D eigenvalue weighted by atomic mass is 32.1. The van der Waals surface area contributed by atoms with E-state index in [1.807, 2.05) is 24.3 Å². The average molecular weight is 262 g/mol. The second-order valence-electron chi connectivity index (χ2n) is 4.07. The molecule has 0 bridgehead atoms. The molecule has 0 atom stereocenters. The molecule has 0 N–H and O–H groups in total. The topological polar surface area (TPSA) is 27.7 Å². The van der Waals surface area contributed by atoms with Crippen molar-refractivity contribution in [2.75, 3.05) is 20.3 Å². The number of benzene rings is 1. The Morgan fingerprint density at radius 2 is 1.72 bits per heavy atom. The third-order valence-electron chi connectivity index (χ3n) is 2.92. The SMILES string of the molecule is COc1ccc(-c2sc(C)c3c2OCCO3)cc1. The molecule has 1 aliphatic heterocycles. The second kappa shape index (κ2) is 4.53. The van der Waals surface area contributed by atoms with Gasteiger partial charge >= 0.3 is 0 Å². The highest BCUT2D eigenvalue weighted by Crippen LogP contribution is 2.48. The summed E-state index contributed by atoms with van der Waals surface area (Å²) in [5, 5.41) is 0. The Morgan fingerprint density at radius 3 is 2.39 bits per heavy atom.